The smallest absolute Gasteiger partial charge is 0.180 e. The van der Waals surface area contributed by atoms with Crippen LogP contribution in [0.4, 0.5) is 5.69 Å². The molecule has 0 bridgehead atoms. The second kappa shape index (κ2) is 7.18. The Labute approximate surface area is 109 Å². The number of nitrogens with one attached hydrogen (secondary N) is 1. The maximum Gasteiger partial charge on any atom is 0.180 e. The molecule has 0 aliphatic carbocycles. The Morgan fingerprint density at radius 2 is 2.00 bits per heavy atom. The van der Waals surface area contributed by atoms with E-state index in [1.807, 2.05) is 25.1 Å². The van der Waals surface area contributed by atoms with E-state index in [9.17, 15) is 8.42 Å². The van der Waals surface area contributed by atoms with Crippen molar-refractivity contribution in [2.45, 2.75) is 18.2 Å². The van der Waals surface area contributed by atoms with Crippen molar-refractivity contribution in [3.63, 3.8) is 0 Å². The van der Waals surface area contributed by atoms with Crippen LogP contribution in [0.25, 0.3) is 0 Å². The van der Waals surface area contributed by atoms with Crippen LogP contribution >= 0.6 is 0 Å². The van der Waals surface area contributed by atoms with Crippen LogP contribution in [0.5, 0.6) is 0 Å². The quantitative estimate of drug-likeness (QED) is 0.740. The number of hydrogen-bond donors (Lipinski definition) is 2. The molecule has 4 nitrogen and oxygen atoms in total. The Hall–Kier alpha value is -1.33. The minimum absolute atomic E-state index is 0.171. The molecule has 0 aliphatic heterocycles. The van der Waals surface area contributed by atoms with Crippen molar-refractivity contribution in [1.29, 1.82) is 0 Å². The van der Waals surface area contributed by atoms with Gasteiger partial charge in [-0.2, -0.15) is 0 Å². The number of benzene rings is 1. The number of para-hydroxylation sites is 1. The predicted molar refractivity (Wildman–Crippen MR) is 75.5 cm³/mol. The zero-order chi connectivity index (χ0) is 13.4. The Bertz CT molecular complexity index is 495. The first-order chi connectivity index (χ1) is 8.61. The third kappa shape index (κ3) is 4.16. The SMILES string of the molecule is CCCS(=O)(=O)c1ccccc1NC/C=C/CN. The first-order valence-corrected chi connectivity index (χ1v) is 7.67. The van der Waals surface area contributed by atoms with Gasteiger partial charge in [0, 0.05) is 13.1 Å². The van der Waals surface area contributed by atoms with Gasteiger partial charge in [-0.15, -0.1) is 0 Å². The second-order valence-electron chi connectivity index (χ2n) is 3.90. The summed E-state index contributed by atoms with van der Waals surface area (Å²) in [6, 6.07) is 6.97. The Morgan fingerprint density at radius 3 is 2.67 bits per heavy atom. The molecule has 0 amide bonds. The summed E-state index contributed by atoms with van der Waals surface area (Å²) in [5.41, 5.74) is 5.98. The van der Waals surface area contributed by atoms with Crippen LogP contribution < -0.4 is 11.1 Å². The summed E-state index contributed by atoms with van der Waals surface area (Å²) < 4.78 is 24.1. The standard InChI is InChI=1S/C13H20N2O2S/c1-2-11-18(16,17)13-8-4-3-7-12(13)15-10-6-5-9-14/h3-8,15H,2,9-11,14H2,1H3/b6-5+. The molecule has 1 aromatic carbocycles. The molecule has 0 unspecified atom stereocenters. The molecule has 5 heteroatoms. The lowest BCUT2D eigenvalue weighted by molar-refractivity contribution is 0.595. The first-order valence-electron chi connectivity index (χ1n) is 6.02. The highest BCUT2D eigenvalue weighted by atomic mass is 32.2. The van der Waals surface area contributed by atoms with E-state index in [0.29, 0.717) is 30.1 Å². The third-order valence-electron chi connectivity index (χ3n) is 2.41. The zero-order valence-corrected chi connectivity index (χ0v) is 11.4. The zero-order valence-electron chi connectivity index (χ0n) is 10.6. The maximum absolute atomic E-state index is 12.1. The van der Waals surface area contributed by atoms with E-state index in [2.05, 4.69) is 5.32 Å². The van der Waals surface area contributed by atoms with Crippen molar-refractivity contribution in [1.82, 2.24) is 0 Å². The Kier molecular flexibility index (Phi) is 5.88. The van der Waals surface area contributed by atoms with E-state index in [1.54, 1.807) is 18.2 Å². The summed E-state index contributed by atoms with van der Waals surface area (Å²) >= 11 is 0. The molecule has 3 N–H and O–H groups in total. The van der Waals surface area contributed by atoms with E-state index in [0.717, 1.165) is 0 Å². The van der Waals surface area contributed by atoms with Gasteiger partial charge in [0.15, 0.2) is 9.84 Å². The molecule has 0 fully saturated rings. The van der Waals surface area contributed by atoms with Gasteiger partial charge in [-0.3, -0.25) is 0 Å². The fraction of sp³-hybridized carbons (Fsp3) is 0.385. The van der Waals surface area contributed by atoms with Gasteiger partial charge in [-0.1, -0.05) is 31.2 Å². The van der Waals surface area contributed by atoms with Crippen LogP contribution in [0.1, 0.15) is 13.3 Å². The molecular weight excluding hydrogens is 248 g/mol. The van der Waals surface area contributed by atoms with Gasteiger partial charge in [0.1, 0.15) is 0 Å². The Balaban J connectivity index is 2.89. The third-order valence-corrected chi connectivity index (χ3v) is 4.38. The summed E-state index contributed by atoms with van der Waals surface area (Å²) in [6.07, 6.45) is 4.32. The lowest BCUT2D eigenvalue weighted by Crippen LogP contribution is -2.10. The molecule has 0 heterocycles. The van der Waals surface area contributed by atoms with Crippen LogP contribution in [0, 0.1) is 0 Å². The lowest BCUT2D eigenvalue weighted by Gasteiger charge is -2.10. The fourth-order valence-electron chi connectivity index (χ4n) is 1.61. The fourth-order valence-corrected chi connectivity index (χ4v) is 3.13. The van der Waals surface area contributed by atoms with Crippen molar-refractivity contribution in [2.75, 3.05) is 24.2 Å². The number of anilines is 1. The van der Waals surface area contributed by atoms with E-state index in [1.165, 1.54) is 0 Å². The molecule has 0 saturated carbocycles. The summed E-state index contributed by atoms with van der Waals surface area (Å²) in [7, 11) is -3.19. The molecule has 1 rings (SSSR count). The number of rotatable bonds is 7. The van der Waals surface area contributed by atoms with Crippen LogP contribution in [-0.2, 0) is 9.84 Å². The largest absolute Gasteiger partial charge is 0.381 e. The molecule has 0 radical (unpaired) electrons. The first kappa shape index (κ1) is 14.7. The number of nitrogens with two attached hydrogens (primary N) is 1. The van der Waals surface area contributed by atoms with Gasteiger partial charge >= 0.3 is 0 Å². The highest BCUT2D eigenvalue weighted by Gasteiger charge is 2.16. The highest BCUT2D eigenvalue weighted by molar-refractivity contribution is 7.91. The highest BCUT2D eigenvalue weighted by Crippen LogP contribution is 2.22. The number of hydrogen-bond acceptors (Lipinski definition) is 4. The van der Waals surface area contributed by atoms with Gasteiger partial charge < -0.3 is 11.1 Å². The summed E-state index contributed by atoms with van der Waals surface area (Å²) in [5, 5.41) is 3.09. The monoisotopic (exact) mass is 268 g/mol. The molecule has 0 atom stereocenters. The van der Waals surface area contributed by atoms with E-state index >= 15 is 0 Å². The predicted octanol–water partition coefficient (Wildman–Crippen LogP) is 1.80. The topological polar surface area (TPSA) is 72.2 Å². The second-order valence-corrected chi connectivity index (χ2v) is 5.98. The summed E-state index contributed by atoms with van der Waals surface area (Å²) in [6.45, 7) is 2.91. The van der Waals surface area contributed by atoms with Crippen LogP contribution in [0.2, 0.25) is 0 Å². The maximum atomic E-state index is 12.1. The van der Waals surface area contributed by atoms with Crippen molar-refractivity contribution >= 4 is 15.5 Å². The van der Waals surface area contributed by atoms with Crippen molar-refractivity contribution < 1.29 is 8.42 Å². The van der Waals surface area contributed by atoms with Gasteiger partial charge in [-0.05, 0) is 18.6 Å². The normalized spacial score (nSPS) is 11.9. The summed E-state index contributed by atoms with van der Waals surface area (Å²) in [4.78, 5) is 0.369. The molecule has 0 saturated heterocycles. The molecule has 18 heavy (non-hydrogen) atoms. The van der Waals surface area contributed by atoms with Gasteiger partial charge in [0.25, 0.3) is 0 Å². The molecular formula is C13H20N2O2S. The van der Waals surface area contributed by atoms with Crippen LogP contribution in [0.3, 0.4) is 0 Å². The van der Waals surface area contributed by atoms with Crippen LogP contribution in [0.15, 0.2) is 41.3 Å². The average Bonchev–Trinajstić information content (AvgIpc) is 2.35. The van der Waals surface area contributed by atoms with Crippen molar-refractivity contribution in [3.8, 4) is 0 Å². The minimum Gasteiger partial charge on any atom is -0.381 e. The van der Waals surface area contributed by atoms with E-state index in [4.69, 9.17) is 5.73 Å². The molecule has 0 aromatic heterocycles. The number of sulfone groups is 1. The lowest BCUT2D eigenvalue weighted by atomic mass is 10.3. The molecule has 1 aromatic rings. The van der Waals surface area contributed by atoms with Crippen molar-refractivity contribution in [3.05, 3.63) is 36.4 Å². The molecule has 100 valence electrons. The van der Waals surface area contributed by atoms with E-state index < -0.39 is 9.84 Å². The minimum atomic E-state index is -3.19. The van der Waals surface area contributed by atoms with Gasteiger partial charge in [-0.25, -0.2) is 8.42 Å². The molecule has 0 spiro atoms. The average molecular weight is 268 g/mol. The summed E-state index contributed by atoms with van der Waals surface area (Å²) in [5.74, 6) is 0.171. The van der Waals surface area contributed by atoms with Gasteiger partial charge in [0.2, 0.25) is 0 Å². The van der Waals surface area contributed by atoms with Crippen LogP contribution in [-0.4, -0.2) is 27.3 Å². The Morgan fingerprint density at radius 1 is 1.28 bits per heavy atom. The van der Waals surface area contributed by atoms with E-state index in [-0.39, 0.29) is 5.75 Å². The van der Waals surface area contributed by atoms with Gasteiger partial charge in [0.05, 0.1) is 16.3 Å². The molecule has 0 aliphatic rings. The van der Waals surface area contributed by atoms with Crippen molar-refractivity contribution in [2.24, 2.45) is 5.73 Å².